The van der Waals surface area contributed by atoms with Gasteiger partial charge >= 0.3 is 6.09 Å². The van der Waals surface area contributed by atoms with Gasteiger partial charge in [0.15, 0.2) is 0 Å². The standard InChI is InChI=1S/C21H23ClN2O3/c22-17-9-6-16(7-10-17)8-11-20(25)24-14-12-18(13-15-24)23-21(26)27-19-4-2-1-3-5-19/h1-7,9-10,18H,8,11-15H2,(H,23,26). The molecule has 0 aliphatic carbocycles. The molecule has 2 aromatic rings. The Balaban J connectivity index is 1.38. The van der Waals surface area contributed by atoms with Crippen LogP contribution >= 0.6 is 11.6 Å². The Morgan fingerprint density at radius 1 is 1.04 bits per heavy atom. The van der Waals surface area contributed by atoms with Crippen molar-refractivity contribution in [2.24, 2.45) is 0 Å². The van der Waals surface area contributed by atoms with Gasteiger partial charge in [-0.2, -0.15) is 0 Å². The zero-order chi connectivity index (χ0) is 19.1. The normalized spacial score (nSPS) is 14.6. The van der Waals surface area contributed by atoms with E-state index in [0.717, 1.165) is 18.4 Å². The van der Waals surface area contributed by atoms with E-state index in [4.69, 9.17) is 16.3 Å². The Labute approximate surface area is 164 Å². The molecule has 0 spiro atoms. The number of likely N-dealkylation sites (tertiary alicyclic amines) is 1. The summed E-state index contributed by atoms with van der Waals surface area (Å²) in [6.45, 7) is 1.30. The van der Waals surface area contributed by atoms with Gasteiger partial charge < -0.3 is 15.0 Å². The molecule has 0 atom stereocenters. The topological polar surface area (TPSA) is 58.6 Å². The fraction of sp³-hybridized carbons (Fsp3) is 0.333. The molecule has 6 heteroatoms. The minimum atomic E-state index is -0.450. The van der Waals surface area contributed by atoms with Crippen molar-refractivity contribution < 1.29 is 14.3 Å². The van der Waals surface area contributed by atoms with Crippen LogP contribution < -0.4 is 10.1 Å². The molecule has 1 heterocycles. The fourth-order valence-corrected chi connectivity index (χ4v) is 3.25. The molecular formula is C21H23ClN2O3. The Bertz CT molecular complexity index is 757. The molecule has 2 aromatic carbocycles. The van der Waals surface area contributed by atoms with Gasteiger partial charge in [-0.3, -0.25) is 4.79 Å². The molecule has 27 heavy (non-hydrogen) atoms. The minimum absolute atomic E-state index is 0.0292. The third-order valence-corrected chi connectivity index (χ3v) is 4.92. The van der Waals surface area contributed by atoms with Gasteiger partial charge in [0.2, 0.25) is 5.91 Å². The maximum atomic E-state index is 12.4. The monoisotopic (exact) mass is 386 g/mol. The predicted octanol–water partition coefficient (Wildman–Crippen LogP) is 4.05. The molecule has 1 aliphatic rings. The van der Waals surface area contributed by atoms with Crippen molar-refractivity contribution >= 4 is 23.6 Å². The molecule has 0 unspecified atom stereocenters. The van der Waals surface area contributed by atoms with Crippen molar-refractivity contribution in [2.75, 3.05) is 13.1 Å². The number of nitrogens with one attached hydrogen (secondary N) is 1. The lowest BCUT2D eigenvalue weighted by Crippen LogP contribution is -2.47. The highest BCUT2D eigenvalue weighted by molar-refractivity contribution is 6.30. The molecule has 5 nitrogen and oxygen atoms in total. The number of hydrogen-bond acceptors (Lipinski definition) is 3. The first-order valence-electron chi connectivity index (χ1n) is 9.16. The summed E-state index contributed by atoms with van der Waals surface area (Å²) >= 11 is 5.88. The lowest BCUT2D eigenvalue weighted by Gasteiger charge is -2.32. The molecule has 0 radical (unpaired) electrons. The maximum absolute atomic E-state index is 12.4. The number of hydrogen-bond donors (Lipinski definition) is 1. The largest absolute Gasteiger partial charge is 0.412 e. The zero-order valence-corrected chi connectivity index (χ0v) is 15.8. The van der Waals surface area contributed by atoms with Gasteiger partial charge in [0.1, 0.15) is 5.75 Å². The van der Waals surface area contributed by atoms with E-state index in [9.17, 15) is 9.59 Å². The van der Waals surface area contributed by atoms with Gasteiger partial charge in [-0.25, -0.2) is 4.79 Å². The first kappa shape index (κ1) is 19.2. The van der Waals surface area contributed by atoms with E-state index in [1.165, 1.54) is 0 Å². The molecule has 2 amide bonds. The molecule has 3 rings (SSSR count). The number of halogens is 1. The third kappa shape index (κ3) is 6.00. The van der Waals surface area contributed by atoms with Gasteiger partial charge in [-0.05, 0) is 49.1 Å². The summed E-state index contributed by atoms with van der Waals surface area (Å²) in [6, 6.07) is 16.6. The van der Waals surface area contributed by atoms with Crippen molar-refractivity contribution in [3.05, 3.63) is 65.2 Å². The second kappa shape index (κ2) is 9.42. The smallest absolute Gasteiger partial charge is 0.410 e. The molecule has 1 N–H and O–H groups in total. The lowest BCUT2D eigenvalue weighted by molar-refractivity contribution is -0.132. The number of benzene rings is 2. The van der Waals surface area contributed by atoms with Crippen molar-refractivity contribution in [1.82, 2.24) is 10.2 Å². The number of piperidine rings is 1. The van der Waals surface area contributed by atoms with Crippen molar-refractivity contribution in [1.29, 1.82) is 0 Å². The van der Waals surface area contributed by atoms with E-state index in [1.807, 2.05) is 47.4 Å². The van der Waals surface area contributed by atoms with Crippen LogP contribution in [0.1, 0.15) is 24.8 Å². The Hall–Kier alpha value is -2.53. The van der Waals surface area contributed by atoms with Crippen LogP contribution in [0.3, 0.4) is 0 Å². The predicted molar refractivity (Wildman–Crippen MR) is 105 cm³/mol. The van der Waals surface area contributed by atoms with Crippen molar-refractivity contribution in [3.8, 4) is 5.75 Å². The van der Waals surface area contributed by atoms with Crippen LogP contribution in [0.25, 0.3) is 0 Å². The maximum Gasteiger partial charge on any atom is 0.412 e. The highest BCUT2D eigenvalue weighted by Gasteiger charge is 2.24. The quantitative estimate of drug-likeness (QED) is 0.843. The lowest BCUT2D eigenvalue weighted by atomic mass is 10.0. The van der Waals surface area contributed by atoms with Crippen LogP contribution in [0.4, 0.5) is 4.79 Å². The first-order valence-corrected chi connectivity index (χ1v) is 9.53. The van der Waals surface area contributed by atoms with E-state index in [-0.39, 0.29) is 11.9 Å². The van der Waals surface area contributed by atoms with Crippen LogP contribution in [0, 0.1) is 0 Å². The van der Waals surface area contributed by atoms with Gasteiger partial charge in [0.25, 0.3) is 0 Å². The summed E-state index contributed by atoms with van der Waals surface area (Å²) in [7, 11) is 0. The average molecular weight is 387 g/mol. The number of carbonyl (C=O) groups is 2. The molecule has 142 valence electrons. The van der Waals surface area contributed by atoms with Crippen LogP contribution in [0.5, 0.6) is 5.75 Å². The molecule has 1 saturated heterocycles. The highest BCUT2D eigenvalue weighted by atomic mass is 35.5. The van der Waals surface area contributed by atoms with Crippen molar-refractivity contribution in [2.45, 2.75) is 31.7 Å². The SMILES string of the molecule is O=C(NC1CCN(C(=O)CCc2ccc(Cl)cc2)CC1)Oc1ccccc1. The molecule has 1 aliphatic heterocycles. The van der Waals surface area contributed by atoms with Crippen LogP contribution in [0.15, 0.2) is 54.6 Å². The average Bonchev–Trinajstić information content (AvgIpc) is 2.68. The van der Waals surface area contributed by atoms with Gasteiger partial charge in [-0.15, -0.1) is 0 Å². The Morgan fingerprint density at radius 3 is 2.37 bits per heavy atom. The summed E-state index contributed by atoms with van der Waals surface area (Å²) in [6.07, 6.45) is 2.20. The fourth-order valence-electron chi connectivity index (χ4n) is 3.13. The Morgan fingerprint density at radius 2 is 1.70 bits per heavy atom. The van der Waals surface area contributed by atoms with E-state index >= 15 is 0 Å². The summed E-state index contributed by atoms with van der Waals surface area (Å²) in [4.78, 5) is 26.2. The molecule has 0 bridgehead atoms. The second-order valence-corrected chi connectivity index (χ2v) is 7.06. The number of amides is 2. The van der Waals surface area contributed by atoms with E-state index < -0.39 is 6.09 Å². The first-order chi connectivity index (χ1) is 13.1. The van der Waals surface area contributed by atoms with E-state index in [1.54, 1.807) is 12.1 Å². The van der Waals surface area contributed by atoms with Gasteiger partial charge in [-0.1, -0.05) is 41.9 Å². The second-order valence-electron chi connectivity index (χ2n) is 6.63. The minimum Gasteiger partial charge on any atom is -0.410 e. The Kier molecular flexibility index (Phi) is 6.71. The third-order valence-electron chi connectivity index (χ3n) is 4.66. The van der Waals surface area contributed by atoms with Gasteiger partial charge in [0.05, 0.1) is 0 Å². The van der Waals surface area contributed by atoms with Crippen LogP contribution in [0.2, 0.25) is 5.02 Å². The van der Waals surface area contributed by atoms with Crippen LogP contribution in [-0.2, 0) is 11.2 Å². The molecule has 1 fully saturated rings. The number of aryl methyl sites for hydroxylation is 1. The summed E-state index contributed by atoms with van der Waals surface area (Å²) in [5.74, 6) is 0.667. The van der Waals surface area contributed by atoms with Crippen molar-refractivity contribution in [3.63, 3.8) is 0 Å². The number of rotatable bonds is 5. The molecule has 0 saturated carbocycles. The summed E-state index contributed by atoms with van der Waals surface area (Å²) in [5, 5.41) is 3.58. The van der Waals surface area contributed by atoms with Gasteiger partial charge in [0, 0.05) is 30.6 Å². The van der Waals surface area contributed by atoms with E-state index in [2.05, 4.69) is 5.32 Å². The summed E-state index contributed by atoms with van der Waals surface area (Å²) < 4.78 is 5.25. The number of para-hydroxylation sites is 1. The summed E-state index contributed by atoms with van der Waals surface area (Å²) in [5.41, 5.74) is 1.10. The molecule has 0 aromatic heterocycles. The number of nitrogens with zero attached hydrogens (tertiary/aromatic N) is 1. The highest BCUT2D eigenvalue weighted by Crippen LogP contribution is 2.15. The number of carbonyl (C=O) groups excluding carboxylic acids is 2. The number of ether oxygens (including phenoxy) is 1. The molecular weight excluding hydrogens is 364 g/mol. The zero-order valence-electron chi connectivity index (χ0n) is 15.1. The van der Waals surface area contributed by atoms with E-state index in [0.29, 0.717) is 36.7 Å². The van der Waals surface area contributed by atoms with Crippen LogP contribution in [-0.4, -0.2) is 36.0 Å².